The number of primary amides is 2. The molecule has 2 amide bonds. The maximum absolute atomic E-state index is 11.7. The molecule has 3 aromatic heterocycles. The molecule has 0 bridgehead atoms. The fourth-order valence-corrected chi connectivity index (χ4v) is 2.44. The van der Waals surface area contributed by atoms with Gasteiger partial charge in [-0.2, -0.15) is 5.10 Å². The Balaban J connectivity index is 1.97. The van der Waals surface area contributed by atoms with Gasteiger partial charge in [-0.25, -0.2) is 14.5 Å². The summed E-state index contributed by atoms with van der Waals surface area (Å²) in [7, 11) is 0. The summed E-state index contributed by atoms with van der Waals surface area (Å²) in [6.07, 6.45) is 5.19. The van der Waals surface area contributed by atoms with Gasteiger partial charge in [-0.1, -0.05) is 13.0 Å². The summed E-state index contributed by atoms with van der Waals surface area (Å²) in [5.41, 5.74) is 12.1. The average Bonchev–Trinajstić information content (AvgIpc) is 3.02. The zero-order valence-electron chi connectivity index (χ0n) is 14.0. The van der Waals surface area contributed by atoms with Gasteiger partial charge in [-0.05, 0) is 18.6 Å². The number of rotatable bonds is 7. The first-order chi connectivity index (χ1) is 12.5. The number of fused-ring (bicyclic) bond motifs is 1. The Hall–Kier alpha value is -3.69. The van der Waals surface area contributed by atoms with Crippen LogP contribution in [0.15, 0.2) is 36.8 Å². The number of nitrogens with one attached hydrogen (secondary N) is 2. The Morgan fingerprint density at radius 1 is 1.27 bits per heavy atom. The normalized spacial score (nSPS) is 11.9. The van der Waals surface area contributed by atoms with Crippen LogP contribution in [0.4, 0.5) is 17.3 Å². The second-order valence-corrected chi connectivity index (χ2v) is 5.54. The monoisotopic (exact) mass is 354 g/mol. The Labute approximate surface area is 148 Å². The van der Waals surface area contributed by atoms with E-state index in [9.17, 15) is 9.59 Å². The van der Waals surface area contributed by atoms with Gasteiger partial charge in [0.1, 0.15) is 11.9 Å². The molecule has 10 heteroatoms. The van der Waals surface area contributed by atoms with E-state index >= 15 is 0 Å². The number of carbonyl (C=O) groups excluding carboxylic acids is 2. The van der Waals surface area contributed by atoms with Gasteiger partial charge in [0.25, 0.3) is 5.91 Å². The van der Waals surface area contributed by atoms with Crippen molar-refractivity contribution in [3.05, 3.63) is 42.5 Å². The van der Waals surface area contributed by atoms with Crippen molar-refractivity contribution in [2.45, 2.75) is 19.4 Å². The van der Waals surface area contributed by atoms with Gasteiger partial charge < -0.3 is 22.1 Å². The van der Waals surface area contributed by atoms with Crippen molar-refractivity contribution in [1.29, 1.82) is 0 Å². The maximum atomic E-state index is 11.7. The fourth-order valence-electron chi connectivity index (χ4n) is 2.44. The molecule has 10 nitrogen and oxygen atoms in total. The second kappa shape index (κ2) is 7.05. The van der Waals surface area contributed by atoms with E-state index in [1.54, 1.807) is 16.9 Å². The number of amides is 2. The topological polar surface area (TPSA) is 153 Å². The minimum atomic E-state index is -0.732. The molecule has 3 rings (SSSR count). The SMILES string of the molecule is CCC(Nc1cnc(C(N)=O)c(Nc2cnn3ccccc23)n1)C(N)=O. The molecular formula is C16H18N8O2. The maximum Gasteiger partial charge on any atom is 0.271 e. The first-order valence-corrected chi connectivity index (χ1v) is 7.91. The van der Waals surface area contributed by atoms with Crippen LogP contribution in [0.1, 0.15) is 23.8 Å². The Morgan fingerprint density at radius 3 is 2.77 bits per heavy atom. The molecular weight excluding hydrogens is 336 g/mol. The zero-order valence-corrected chi connectivity index (χ0v) is 14.0. The van der Waals surface area contributed by atoms with E-state index in [0.717, 1.165) is 5.52 Å². The minimum Gasteiger partial charge on any atom is -0.368 e. The summed E-state index contributed by atoms with van der Waals surface area (Å²) < 4.78 is 1.67. The lowest BCUT2D eigenvalue weighted by Crippen LogP contribution is -2.35. The molecule has 0 aliphatic rings. The lowest BCUT2D eigenvalue weighted by molar-refractivity contribution is -0.118. The highest BCUT2D eigenvalue weighted by Crippen LogP contribution is 2.23. The van der Waals surface area contributed by atoms with E-state index in [0.29, 0.717) is 17.9 Å². The molecule has 0 aromatic carbocycles. The molecule has 0 spiro atoms. The van der Waals surface area contributed by atoms with E-state index in [2.05, 4.69) is 25.7 Å². The first kappa shape index (κ1) is 17.1. The molecule has 0 fully saturated rings. The first-order valence-electron chi connectivity index (χ1n) is 7.91. The Morgan fingerprint density at radius 2 is 2.08 bits per heavy atom. The summed E-state index contributed by atoms with van der Waals surface area (Å²) in [6.45, 7) is 1.81. The molecule has 0 aliphatic carbocycles. The summed E-state index contributed by atoms with van der Waals surface area (Å²) in [5, 5.41) is 10.1. The van der Waals surface area contributed by atoms with Crippen molar-refractivity contribution in [3.8, 4) is 0 Å². The molecule has 0 radical (unpaired) electrons. The number of nitrogens with two attached hydrogens (primary N) is 2. The van der Waals surface area contributed by atoms with Crippen LogP contribution < -0.4 is 22.1 Å². The quantitative estimate of drug-likeness (QED) is 0.485. The van der Waals surface area contributed by atoms with Crippen LogP contribution in [-0.2, 0) is 4.79 Å². The van der Waals surface area contributed by atoms with Gasteiger partial charge in [-0.15, -0.1) is 0 Å². The van der Waals surface area contributed by atoms with E-state index in [4.69, 9.17) is 11.5 Å². The standard InChI is InChI=1S/C16H18N8O2/c1-2-9(14(17)25)21-12-8-19-13(15(18)26)16(23-12)22-10-7-20-24-6-4-3-5-11(10)24/h3-9H,2H2,1H3,(H2,17,25)(H2,18,26)(H2,21,22,23). The molecule has 3 heterocycles. The lowest BCUT2D eigenvalue weighted by Gasteiger charge is -2.15. The third kappa shape index (κ3) is 3.38. The molecule has 1 unspecified atom stereocenters. The predicted octanol–water partition coefficient (Wildman–Crippen LogP) is 0.643. The molecule has 1 atom stereocenters. The van der Waals surface area contributed by atoms with E-state index in [-0.39, 0.29) is 11.5 Å². The molecule has 0 aliphatic heterocycles. The van der Waals surface area contributed by atoms with Crippen LogP contribution in [0.3, 0.4) is 0 Å². The molecule has 134 valence electrons. The van der Waals surface area contributed by atoms with Crippen LogP contribution in [0.2, 0.25) is 0 Å². The Kier molecular flexibility index (Phi) is 4.65. The molecule has 26 heavy (non-hydrogen) atoms. The van der Waals surface area contributed by atoms with E-state index in [1.807, 2.05) is 25.1 Å². The highest BCUT2D eigenvalue weighted by Gasteiger charge is 2.18. The number of anilines is 3. The van der Waals surface area contributed by atoms with Gasteiger partial charge >= 0.3 is 0 Å². The smallest absolute Gasteiger partial charge is 0.271 e. The van der Waals surface area contributed by atoms with Crippen LogP contribution >= 0.6 is 0 Å². The highest BCUT2D eigenvalue weighted by atomic mass is 16.1. The predicted molar refractivity (Wildman–Crippen MR) is 95.9 cm³/mol. The summed E-state index contributed by atoms with van der Waals surface area (Å²) >= 11 is 0. The third-order valence-electron chi connectivity index (χ3n) is 3.76. The highest BCUT2D eigenvalue weighted by molar-refractivity contribution is 5.97. The zero-order chi connectivity index (χ0) is 18.7. The van der Waals surface area contributed by atoms with Crippen molar-refractivity contribution in [1.82, 2.24) is 19.6 Å². The van der Waals surface area contributed by atoms with Crippen molar-refractivity contribution in [2.24, 2.45) is 11.5 Å². The third-order valence-corrected chi connectivity index (χ3v) is 3.76. The Bertz CT molecular complexity index is 968. The molecule has 0 saturated heterocycles. The number of hydrogen-bond donors (Lipinski definition) is 4. The van der Waals surface area contributed by atoms with Gasteiger partial charge in [-0.3, -0.25) is 9.59 Å². The second-order valence-electron chi connectivity index (χ2n) is 5.54. The van der Waals surface area contributed by atoms with Crippen molar-refractivity contribution in [2.75, 3.05) is 10.6 Å². The van der Waals surface area contributed by atoms with Gasteiger partial charge in [0.05, 0.1) is 23.6 Å². The van der Waals surface area contributed by atoms with Crippen molar-refractivity contribution in [3.63, 3.8) is 0 Å². The van der Waals surface area contributed by atoms with E-state index < -0.39 is 17.9 Å². The van der Waals surface area contributed by atoms with Crippen LogP contribution in [0.5, 0.6) is 0 Å². The fraction of sp³-hybridized carbons (Fsp3) is 0.188. The molecule has 6 N–H and O–H groups in total. The van der Waals surface area contributed by atoms with Crippen molar-refractivity contribution >= 4 is 34.7 Å². The summed E-state index contributed by atoms with van der Waals surface area (Å²) in [4.78, 5) is 31.4. The molecule has 0 saturated carbocycles. The van der Waals surface area contributed by atoms with Gasteiger partial charge in [0, 0.05) is 6.20 Å². The van der Waals surface area contributed by atoms with E-state index in [1.165, 1.54) is 6.20 Å². The summed E-state index contributed by atoms with van der Waals surface area (Å²) in [5.74, 6) is -0.796. The van der Waals surface area contributed by atoms with Crippen LogP contribution in [0.25, 0.3) is 5.52 Å². The number of carbonyl (C=O) groups is 2. The molecule has 3 aromatic rings. The summed E-state index contributed by atoms with van der Waals surface area (Å²) in [6, 6.07) is 4.96. The van der Waals surface area contributed by atoms with Crippen LogP contribution in [-0.4, -0.2) is 37.4 Å². The largest absolute Gasteiger partial charge is 0.368 e. The number of nitrogens with zero attached hydrogens (tertiary/aromatic N) is 4. The van der Waals surface area contributed by atoms with Gasteiger partial charge in [0.15, 0.2) is 11.5 Å². The van der Waals surface area contributed by atoms with Gasteiger partial charge in [0.2, 0.25) is 5.91 Å². The number of pyridine rings is 1. The number of aromatic nitrogens is 4. The number of hydrogen-bond acceptors (Lipinski definition) is 7. The van der Waals surface area contributed by atoms with Crippen molar-refractivity contribution < 1.29 is 9.59 Å². The van der Waals surface area contributed by atoms with Crippen LogP contribution in [0, 0.1) is 0 Å². The lowest BCUT2D eigenvalue weighted by atomic mass is 10.2. The minimum absolute atomic E-state index is 0.0297. The average molecular weight is 354 g/mol.